The van der Waals surface area contributed by atoms with Gasteiger partial charge in [-0.25, -0.2) is 0 Å². The lowest BCUT2D eigenvalue weighted by molar-refractivity contribution is -0.117. The van der Waals surface area contributed by atoms with Crippen molar-refractivity contribution < 1.29 is 9.90 Å². The Balaban J connectivity index is 2.09. The molecule has 1 aliphatic heterocycles. The number of benzene rings is 1. The molecule has 0 radical (unpaired) electrons. The Morgan fingerprint density at radius 1 is 1.29 bits per heavy atom. The number of fused-ring (bicyclic) bond motifs is 1. The topological polar surface area (TPSA) is 89.2 Å². The van der Waals surface area contributed by atoms with Crippen LogP contribution < -0.4 is 10.5 Å². The Bertz CT molecular complexity index is 643. The van der Waals surface area contributed by atoms with Crippen LogP contribution in [0.4, 0.5) is 5.69 Å². The SMILES string of the molecule is O=C1CC(O)CN1c1ccc2[nH][nH]c(=O)c2c1. The number of rotatable bonds is 1. The van der Waals surface area contributed by atoms with Crippen molar-refractivity contribution in [3.05, 3.63) is 28.6 Å². The molecule has 1 amide bonds. The van der Waals surface area contributed by atoms with Gasteiger partial charge in [0.1, 0.15) is 0 Å². The summed E-state index contributed by atoms with van der Waals surface area (Å²) in [5.74, 6) is -0.121. The molecule has 1 aliphatic rings. The van der Waals surface area contributed by atoms with Gasteiger partial charge in [0.05, 0.1) is 30.0 Å². The molecule has 0 aliphatic carbocycles. The van der Waals surface area contributed by atoms with Crippen LogP contribution in [0.3, 0.4) is 0 Å². The van der Waals surface area contributed by atoms with E-state index < -0.39 is 6.10 Å². The van der Waals surface area contributed by atoms with Crippen molar-refractivity contribution >= 4 is 22.5 Å². The molecule has 6 nitrogen and oxygen atoms in total. The first-order chi connectivity index (χ1) is 8.15. The van der Waals surface area contributed by atoms with Gasteiger partial charge in [0.15, 0.2) is 0 Å². The summed E-state index contributed by atoms with van der Waals surface area (Å²) in [5, 5.41) is 15.1. The summed E-state index contributed by atoms with van der Waals surface area (Å²) in [4.78, 5) is 24.6. The van der Waals surface area contributed by atoms with Gasteiger partial charge in [-0.3, -0.25) is 19.8 Å². The van der Waals surface area contributed by atoms with Crippen molar-refractivity contribution in [3.63, 3.8) is 0 Å². The number of carbonyl (C=O) groups excluding carboxylic acids is 1. The highest BCUT2D eigenvalue weighted by atomic mass is 16.3. The number of anilines is 1. The minimum absolute atomic E-state index is 0.121. The predicted octanol–water partition coefficient (Wildman–Crippen LogP) is -0.0462. The maximum atomic E-state index is 11.6. The van der Waals surface area contributed by atoms with Crippen LogP contribution in [0.2, 0.25) is 0 Å². The van der Waals surface area contributed by atoms with Gasteiger partial charge in [-0.1, -0.05) is 0 Å². The van der Waals surface area contributed by atoms with Gasteiger partial charge < -0.3 is 10.0 Å². The molecule has 2 aromatic rings. The second-order valence-electron chi connectivity index (χ2n) is 4.17. The fourth-order valence-corrected chi connectivity index (χ4v) is 2.13. The lowest BCUT2D eigenvalue weighted by atomic mass is 10.2. The molecule has 0 saturated carbocycles. The zero-order valence-corrected chi connectivity index (χ0v) is 8.93. The van der Waals surface area contributed by atoms with E-state index in [0.29, 0.717) is 16.6 Å². The van der Waals surface area contributed by atoms with E-state index in [0.717, 1.165) is 0 Å². The third kappa shape index (κ3) is 1.53. The van der Waals surface area contributed by atoms with Crippen LogP contribution in [0.25, 0.3) is 10.9 Å². The third-order valence-corrected chi connectivity index (χ3v) is 2.97. The smallest absolute Gasteiger partial charge is 0.271 e. The average Bonchev–Trinajstić information content (AvgIpc) is 2.83. The highest BCUT2D eigenvalue weighted by molar-refractivity contribution is 5.97. The molecule has 1 fully saturated rings. The molecule has 0 bridgehead atoms. The summed E-state index contributed by atoms with van der Waals surface area (Å²) in [6.07, 6.45) is -0.482. The number of aromatic amines is 2. The summed E-state index contributed by atoms with van der Waals surface area (Å²) in [5.41, 5.74) is 1.13. The number of nitrogens with zero attached hydrogens (tertiary/aromatic N) is 1. The minimum Gasteiger partial charge on any atom is -0.391 e. The number of aliphatic hydroxyl groups is 1. The van der Waals surface area contributed by atoms with Crippen LogP contribution in [0.15, 0.2) is 23.0 Å². The van der Waals surface area contributed by atoms with E-state index in [9.17, 15) is 14.7 Å². The van der Waals surface area contributed by atoms with E-state index in [4.69, 9.17) is 0 Å². The highest BCUT2D eigenvalue weighted by Crippen LogP contribution is 2.23. The van der Waals surface area contributed by atoms with Crippen molar-refractivity contribution in [2.45, 2.75) is 12.5 Å². The Morgan fingerprint density at radius 2 is 2.12 bits per heavy atom. The van der Waals surface area contributed by atoms with E-state index in [1.54, 1.807) is 18.2 Å². The van der Waals surface area contributed by atoms with Crippen LogP contribution in [0, 0.1) is 0 Å². The number of nitrogens with one attached hydrogen (secondary N) is 2. The van der Waals surface area contributed by atoms with Crippen molar-refractivity contribution in [1.82, 2.24) is 10.2 Å². The zero-order chi connectivity index (χ0) is 12.0. The number of amides is 1. The van der Waals surface area contributed by atoms with Gasteiger partial charge in [0, 0.05) is 5.69 Å². The molecule has 1 saturated heterocycles. The van der Waals surface area contributed by atoms with Crippen molar-refractivity contribution in [2.24, 2.45) is 0 Å². The number of aromatic nitrogens is 2. The number of aliphatic hydroxyl groups excluding tert-OH is 1. The van der Waals surface area contributed by atoms with Crippen molar-refractivity contribution in [3.8, 4) is 0 Å². The van der Waals surface area contributed by atoms with E-state index >= 15 is 0 Å². The maximum Gasteiger partial charge on any atom is 0.271 e. The van der Waals surface area contributed by atoms with E-state index in [2.05, 4.69) is 10.2 Å². The van der Waals surface area contributed by atoms with Gasteiger partial charge in [0.25, 0.3) is 5.56 Å². The highest BCUT2D eigenvalue weighted by Gasteiger charge is 2.29. The minimum atomic E-state index is -0.622. The van der Waals surface area contributed by atoms with Crippen LogP contribution >= 0.6 is 0 Å². The van der Waals surface area contributed by atoms with Crippen LogP contribution in [-0.4, -0.2) is 33.9 Å². The van der Waals surface area contributed by atoms with Gasteiger partial charge in [0.2, 0.25) is 5.91 Å². The fourth-order valence-electron chi connectivity index (χ4n) is 2.13. The molecule has 6 heteroatoms. The molecular formula is C11H11N3O3. The molecule has 1 unspecified atom stereocenters. The van der Waals surface area contributed by atoms with Gasteiger partial charge >= 0.3 is 0 Å². The zero-order valence-electron chi connectivity index (χ0n) is 8.93. The number of hydrogen-bond donors (Lipinski definition) is 3. The third-order valence-electron chi connectivity index (χ3n) is 2.97. The standard InChI is InChI=1S/C11H11N3O3/c15-7-4-10(16)14(5-7)6-1-2-9-8(3-6)11(17)13-12-9/h1-3,7,15H,4-5H2,(H2,12,13,17). The predicted molar refractivity (Wildman–Crippen MR) is 61.9 cm³/mol. The number of H-pyrrole nitrogens is 2. The first-order valence-electron chi connectivity index (χ1n) is 5.34. The molecule has 3 N–H and O–H groups in total. The molecule has 88 valence electrons. The van der Waals surface area contributed by atoms with Crippen LogP contribution in [0.5, 0.6) is 0 Å². The molecule has 1 atom stereocenters. The Labute approximate surface area is 95.8 Å². The molecule has 17 heavy (non-hydrogen) atoms. The Kier molecular flexibility index (Phi) is 2.05. The summed E-state index contributed by atoms with van der Waals surface area (Å²) in [7, 11) is 0. The molecule has 2 heterocycles. The quantitative estimate of drug-likeness (QED) is 0.645. The van der Waals surface area contributed by atoms with Gasteiger partial charge in [-0.2, -0.15) is 0 Å². The van der Waals surface area contributed by atoms with Crippen LogP contribution in [-0.2, 0) is 4.79 Å². The van der Waals surface area contributed by atoms with Gasteiger partial charge in [-0.15, -0.1) is 0 Å². The lowest BCUT2D eigenvalue weighted by Crippen LogP contribution is -2.25. The number of β-amino-alcohol motifs (C(OH)–C–C–N with tert-alkyl or cyclic N) is 1. The summed E-state index contributed by atoms with van der Waals surface area (Å²) in [6.45, 7) is 0.284. The molecule has 3 rings (SSSR count). The first-order valence-corrected chi connectivity index (χ1v) is 5.34. The summed E-state index contributed by atoms with van der Waals surface area (Å²) < 4.78 is 0. The Hall–Kier alpha value is -2.08. The summed E-state index contributed by atoms with van der Waals surface area (Å²) in [6, 6.07) is 5.14. The second-order valence-corrected chi connectivity index (χ2v) is 4.17. The fraction of sp³-hybridized carbons (Fsp3) is 0.273. The van der Waals surface area contributed by atoms with Crippen molar-refractivity contribution in [1.29, 1.82) is 0 Å². The normalized spacial score (nSPS) is 20.4. The van der Waals surface area contributed by atoms with E-state index in [1.165, 1.54) is 4.90 Å². The molecule has 1 aromatic carbocycles. The van der Waals surface area contributed by atoms with Gasteiger partial charge in [-0.05, 0) is 18.2 Å². The molecule has 1 aromatic heterocycles. The lowest BCUT2D eigenvalue weighted by Gasteiger charge is -2.15. The van der Waals surface area contributed by atoms with E-state index in [1.807, 2.05) is 0 Å². The number of carbonyl (C=O) groups is 1. The molecular weight excluding hydrogens is 222 g/mol. The first kappa shape index (κ1) is 10.1. The number of hydrogen-bond acceptors (Lipinski definition) is 3. The Morgan fingerprint density at radius 3 is 2.82 bits per heavy atom. The largest absolute Gasteiger partial charge is 0.391 e. The van der Waals surface area contributed by atoms with E-state index in [-0.39, 0.29) is 24.4 Å². The van der Waals surface area contributed by atoms with Crippen LogP contribution in [0.1, 0.15) is 6.42 Å². The molecule has 0 spiro atoms. The average molecular weight is 233 g/mol. The van der Waals surface area contributed by atoms with Crippen molar-refractivity contribution in [2.75, 3.05) is 11.4 Å². The maximum absolute atomic E-state index is 11.6. The monoisotopic (exact) mass is 233 g/mol. The summed E-state index contributed by atoms with van der Waals surface area (Å²) >= 11 is 0. The second kappa shape index (κ2) is 3.46.